The van der Waals surface area contributed by atoms with Crippen LogP contribution < -0.4 is 15.5 Å². The summed E-state index contributed by atoms with van der Waals surface area (Å²) >= 11 is 0. The molecule has 1 aliphatic heterocycles. The molecule has 1 amide bonds. The van der Waals surface area contributed by atoms with Gasteiger partial charge >= 0.3 is 0 Å². The van der Waals surface area contributed by atoms with Crippen molar-refractivity contribution in [3.05, 3.63) is 54.1 Å². The Bertz CT molecular complexity index is 707. The molecule has 1 unspecified atom stereocenters. The van der Waals surface area contributed by atoms with Crippen LogP contribution >= 0.6 is 0 Å². The predicted molar refractivity (Wildman–Crippen MR) is 107 cm³/mol. The van der Waals surface area contributed by atoms with Gasteiger partial charge in [0.2, 0.25) is 5.91 Å². The summed E-state index contributed by atoms with van der Waals surface area (Å²) in [6.45, 7) is 7.34. The van der Waals surface area contributed by atoms with Crippen molar-refractivity contribution < 1.29 is 9.53 Å². The fraction of sp³-hybridized carbons (Fsp3) is 0.381. The second-order valence-electron chi connectivity index (χ2n) is 6.55. The molecule has 0 spiro atoms. The fourth-order valence-electron chi connectivity index (χ4n) is 2.98. The number of ether oxygens (including phenoxy) is 1. The molecular weight excluding hydrogens is 326 g/mol. The van der Waals surface area contributed by atoms with E-state index in [2.05, 4.69) is 34.6 Å². The van der Waals surface area contributed by atoms with Crippen LogP contribution in [0.4, 0.5) is 17.1 Å². The molecule has 1 aliphatic rings. The van der Waals surface area contributed by atoms with Crippen molar-refractivity contribution in [3.8, 4) is 0 Å². The van der Waals surface area contributed by atoms with Gasteiger partial charge in [0, 0.05) is 30.2 Å². The smallest absolute Gasteiger partial charge is 0.246 e. The first-order valence-corrected chi connectivity index (χ1v) is 9.25. The van der Waals surface area contributed by atoms with Crippen molar-refractivity contribution >= 4 is 23.0 Å². The van der Waals surface area contributed by atoms with Gasteiger partial charge in [0.15, 0.2) is 0 Å². The maximum atomic E-state index is 12.4. The van der Waals surface area contributed by atoms with Gasteiger partial charge in [-0.25, -0.2) is 0 Å². The average Bonchev–Trinajstić information content (AvgIpc) is 2.70. The first kappa shape index (κ1) is 18.3. The number of carbonyl (C=O) groups excluding carboxylic acids is 1. The number of amides is 1. The molecule has 2 aromatic carbocycles. The van der Waals surface area contributed by atoms with E-state index in [1.54, 1.807) is 0 Å². The third-order valence-electron chi connectivity index (χ3n) is 4.65. The van der Waals surface area contributed by atoms with Crippen LogP contribution in [0.3, 0.4) is 0 Å². The molecule has 138 valence electrons. The van der Waals surface area contributed by atoms with E-state index in [-0.39, 0.29) is 11.9 Å². The van der Waals surface area contributed by atoms with Gasteiger partial charge in [-0.2, -0.15) is 0 Å². The van der Waals surface area contributed by atoms with Crippen LogP contribution in [0.2, 0.25) is 0 Å². The van der Waals surface area contributed by atoms with Crippen molar-refractivity contribution in [1.82, 2.24) is 0 Å². The molecule has 2 N–H and O–H groups in total. The highest BCUT2D eigenvalue weighted by atomic mass is 16.5. The van der Waals surface area contributed by atoms with Gasteiger partial charge in [-0.05, 0) is 55.3 Å². The average molecular weight is 353 g/mol. The summed E-state index contributed by atoms with van der Waals surface area (Å²) in [5.41, 5.74) is 4.20. The van der Waals surface area contributed by atoms with E-state index in [1.165, 1.54) is 5.56 Å². The Kier molecular flexibility index (Phi) is 6.12. The molecule has 1 atom stereocenters. The molecule has 26 heavy (non-hydrogen) atoms. The largest absolute Gasteiger partial charge is 0.378 e. The number of aryl methyl sites for hydroxylation is 1. The van der Waals surface area contributed by atoms with E-state index in [0.29, 0.717) is 0 Å². The number of hydrogen-bond donors (Lipinski definition) is 2. The highest BCUT2D eigenvalue weighted by Crippen LogP contribution is 2.19. The van der Waals surface area contributed by atoms with Crippen molar-refractivity contribution in [2.45, 2.75) is 26.3 Å². The van der Waals surface area contributed by atoms with E-state index in [4.69, 9.17) is 4.74 Å². The topological polar surface area (TPSA) is 53.6 Å². The third-order valence-corrected chi connectivity index (χ3v) is 4.65. The minimum absolute atomic E-state index is 0.0521. The van der Waals surface area contributed by atoms with Crippen molar-refractivity contribution in [2.24, 2.45) is 0 Å². The molecule has 2 aromatic rings. The van der Waals surface area contributed by atoms with E-state index in [1.807, 2.05) is 43.3 Å². The number of anilines is 3. The standard InChI is InChI=1S/C21H27N3O2/c1-3-17-4-6-18(7-5-17)22-16(2)21(25)23-19-8-10-20(11-9-19)24-12-14-26-15-13-24/h4-11,16,22H,3,12-15H2,1-2H3,(H,23,25). The number of morpholine rings is 1. The van der Waals surface area contributed by atoms with E-state index < -0.39 is 0 Å². The Labute approximate surface area is 155 Å². The molecule has 1 saturated heterocycles. The normalized spacial score (nSPS) is 15.4. The van der Waals surface area contributed by atoms with Gasteiger partial charge in [-0.3, -0.25) is 4.79 Å². The van der Waals surface area contributed by atoms with E-state index >= 15 is 0 Å². The molecule has 5 heteroatoms. The Morgan fingerprint density at radius 1 is 1.04 bits per heavy atom. The number of nitrogens with zero attached hydrogens (tertiary/aromatic N) is 1. The second-order valence-corrected chi connectivity index (χ2v) is 6.55. The molecular formula is C21H27N3O2. The lowest BCUT2D eigenvalue weighted by Gasteiger charge is -2.29. The van der Waals surface area contributed by atoms with E-state index in [9.17, 15) is 4.79 Å². The summed E-state index contributed by atoms with van der Waals surface area (Å²) < 4.78 is 5.38. The molecule has 0 radical (unpaired) electrons. The lowest BCUT2D eigenvalue weighted by atomic mass is 10.1. The highest BCUT2D eigenvalue weighted by molar-refractivity contribution is 5.96. The van der Waals surface area contributed by atoms with Crippen LogP contribution in [0.25, 0.3) is 0 Å². The zero-order chi connectivity index (χ0) is 18.4. The minimum Gasteiger partial charge on any atom is -0.378 e. The molecule has 0 saturated carbocycles. The van der Waals surface area contributed by atoms with Crippen LogP contribution in [-0.2, 0) is 16.0 Å². The zero-order valence-corrected chi connectivity index (χ0v) is 15.5. The van der Waals surface area contributed by atoms with Crippen molar-refractivity contribution in [1.29, 1.82) is 0 Å². The summed E-state index contributed by atoms with van der Waals surface area (Å²) in [6, 6.07) is 15.9. The lowest BCUT2D eigenvalue weighted by Crippen LogP contribution is -2.36. The van der Waals surface area contributed by atoms with Crippen LogP contribution in [0.15, 0.2) is 48.5 Å². The maximum Gasteiger partial charge on any atom is 0.246 e. The van der Waals surface area contributed by atoms with Gasteiger partial charge < -0.3 is 20.3 Å². The van der Waals surface area contributed by atoms with Gasteiger partial charge in [0.05, 0.1) is 13.2 Å². The minimum atomic E-state index is -0.318. The van der Waals surface area contributed by atoms with E-state index in [0.717, 1.165) is 49.8 Å². The number of hydrogen-bond acceptors (Lipinski definition) is 4. The van der Waals surface area contributed by atoms with Crippen LogP contribution in [-0.4, -0.2) is 38.3 Å². The highest BCUT2D eigenvalue weighted by Gasteiger charge is 2.14. The monoisotopic (exact) mass is 353 g/mol. The lowest BCUT2D eigenvalue weighted by molar-refractivity contribution is -0.116. The summed E-state index contributed by atoms with van der Waals surface area (Å²) in [6.07, 6.45) is 1.01. The van der Waals surface area contributed by atoms with Crippen LogP contribution in [0, 0.1) is 0 Å². The van der Waals surface area contributed by atoms with Crippen LogP contribution in [0.5, 0.6) is 0 Å². The van der Waals surface area contributed by atoms with Crippen LogP contribution in [0.1, 0.15) is 19.4 Å². The van der Waals surface area contributed by atoms with Crippen molar-refractivity contribution in [3.63, 3.8) is 0 Å². The van der Waals surface area contributed by atoms with Gasteiger partial charge in [-0.15, -0.1) is 0 Å². The van der Waals surface area contributed by atoms with Gasteiger partial charge in [-0.1, -0.05) is 19.1 Å². The first-order chi connectivity index (χ1) is 12.7. The summed E-state index contributed by atoms with van der Waals surface area (Å²) in [5.74, 6) is -0.0521. The quantitative estimate of drug-likeness (QED) is 0.834. The SMILES string of the molecule is CCc1ccc(NC(C)C(=O)Nc2ccc(N3CCOCC3)cc2)cc1. The molecule has 1 heterocycles. The Hall–Kier alpha value is -2.53. The molecule has 0 aromatic heterocycles. The van der Waals surface area contributed by atoms with Crippen molar-refractivity contribution in [2.75, 3.05) is 41.8 Å². The Morgan fingerprint density at radius 3 is 2.27 bits per heavy atom. The third kappa shape index (κ3) is 4.76. The number of benzene rings is 2. The predicted octanol–water partition coefficient (Wildman–Crippen LogP) is 3.52. The van der Waals surface area contributed by atoms with Gasteiger partial charge in [0.1, 0.15) is 6.04 Å². The summed E-state index contributed by atoms with van der Waals surface area (Å²) in [4.78, 5) is 14.7. The molecule has 0 bridgehead atoms. The second kappa shape index (κ2) is 8.72. The zero-order valence-electron chi connectivity index (χ0n) is 15.5. The molecule has 0 aliphatic carbocycles. The summed E-state index contributed by atoms with van der Waals surface area (Å²) in [5, 5.41) is 6.21. The maximum absolute atomic E-state index is 12.4. The number of rotatable bonds is 6. The molecule has 5 nitrogen and oxygen atoms in total. The molecule has 1 fully saturated rings. The number of nitrogens with one attached hydrogen (secondary N) is 2. The number of carbonyl (C=O) groups is 1. The fourth-order valence-corrected chi connectivity index (χ4v) is 2.98. The first-order valence-electron chi connectivity index (χ1n) is 9.25. The Morgan fingerprint density at radius 2 is 1.65 bits per heavy atom. The molecule has 3 rings (SSSR count). The van der Waals surface area contributed by atoms with Gasteiger partial charge in [0.25, 0.3) is 0 Å². The summed E-state index contributed by atoms with van der Waals surface area (Å²) in [7, 11) is 0. The Balaban J connectivity index is 1.54.